The third-order valence-electron chi connectivity index (χ3n) is 4.26. The molecule has 0 N–H and O–H groups in total. The number of nitrogens with zero attached hydrogens (tertiary/aromatic N) is 2. The first-order chi connectivity index (χ1) is 10.1. The number of carbonyl (C=O) groups excluding carboxylic acids is 2. The van der Waals surface area contributed by atoms with Crippen molar-refractivity contribution in [3.63, 3.8) is 0 Å². The number of carbonyl (C=O) groups is 2. The van der Waals surface area contributed by atoms with E-state index in [9.17, 15) is 9.59 Å². The lowest BCUT2D eigenvalue weighted by molar-refractivity contribution is -0.136. The Morgan fingerprint density at radius 2 is 1.95 bits per heavy atom. The zero-order valence-corrected chi connectivity index (χ0v) is 12.7. The Kier molecular flexibility index (Phi) is 4.15. The molecule has 0 spiro atoms. The summed E-state index contributed by atoms with van der Waals surface area (Å²) in [5.41, 5.74) is 0.779. The van der Waals surface area contributed by atoms with Crippen molar-refractivity contribution in [2.24, 2.45) is 5.92 Å². The maximum Gasteiger partial charge on any atom is 0.228 e. The second kappa shape index (κ2) is 6.06. The van der Waals surface area contributed by atoms with Gasteiger partial charge in [0, 0.05) is 36.8 Å². The number of likely N-dealkylation sites (tertiary alicyclic amines) is 1. The number of piperidine rings is 1. The summed E-state index contributed by atoms with van der Waals surface area (Å²) in [5.74, 6) is -0.0743. The Morgan fingerprint density at radius 1 is 1.19 bits per heavy atom. The molecule has 112 valence electrons. The van der Waals surface area contributed by atoms with E-state index in [0.29, 0.717) is 18.0 Å². The van der Waals surface area contributed by atoms with Gasteiger partial charge in [-0.15, -0.1) is 0 Å². The minimum atomic E-state index is -0.213. The fraction of sp³-hybridized carbons (Fsp3) is 0.500. The van der Waals surface area contributed by atoms with Crippen LogP contribution in [0.1, 0.15) is 25.7 Å². The van der Waals surface area contributed by atoms with Crippen molar-refractivity contribution in [1.29, 1.82) is 0 Å². The Labute approximate surface area is 129 Å². The van der Waals surface area contributed by atoms with Crippen LogP contribution in [0.3, 0.4) is 0 Å². The third kappa shape index (κ3) is 3.05. The highest BCUT2D eigenvalue weighted by molar-refractivity contribution is 6.30. The highest BCUT2D eigenvalue weighted by Crippen LogP contribution is 2.28. The largest absolute Gasteiger partial charge is 0.342 e. The van der Waals surface area contributed by atoms with Crippen molar-refractivity contribution in [3.8, 4) is 0 Å². The first-order valence-electron chi connectivity index (χ1n) is 7.50. The van der Waals surface area contributed by atoms with Gasteiger partial charge < -0.3 is 9.80 Å². The normalized spacial score (nSPS) is 22.7. The highest BCUT2D eigenvalue weighted by atomic mass is 35.5. The van der Waals surface area contributed by atoms with Crippen LogP contribution in [0.4, 0.5) is 5.69 Å². The van der Waals surface area contributed by atoms with Gasteiger partial charge in [-0.05, 0) is 37.5 Å². The van der Waals surface area contributed by atoms with E-state index in [2.05, 4.69) is 0 Å². The van der Waals surface area contributed by atoms with Crippen molar-refractivity contribution >= 4 is 29.1 Å². The second-order valence-electron chi connectivity index (χ2n) is 5.77. The van der Waals surface area contributed by atoms with Crippen LogP contribution in [-0.2, 0) is 9.59 Å². The first-order valence-corrected chi connectivity index (χ1v) is 7.87. The van der Waals surface area contributed by atoms with E-state index in [-0.39, 0.29) is 17.7 Å². The van der Waals surface area contributed by atoms with Gasteiger partial charge in [0.2, 0.25) is 11.8 Å². The van der Waals surface area contributed by atoms with Gasteiger partial charge in [0.1, 0.15) is 0 Å². The number of hydrogen-bond acceptors (Lipinski definition) is 2. The summed E-state index contributed by atoms with van der Waals surface area (Å²) < 4.78 is 0. The average molecular weight is 307 g/mol. The van der Waals surface area contributed by atoms with E-state index in [1.165, 1.54) is 6.42 Å². The first kappa shape index (κ1) is 14.4. The fourth-order valence-electron chi connectivity index (χ4n) is 3.14. The molecule has 2 aliphatic rings. The molecular formula is C16H19ClN2O2. The maximum atomic E-state index is 12.5. The SMILES string of the molecule is O=C([C@@H]1CC(=O)N(c2cccc(Cl)c2)C1)N1CCCCC1. The lowest BCUT2D eigenvalue weighted by Crippen LogP contribution is -2.40. The second-order valence-corrected chi connectivity index (χ2v) is 6.21. The quantitative estimate of drug-likeness (QED) is 0.843. The van der Waals surface area contributed by atoms with Gasteiger partial charge in [-0.1, -0.05) is 17.7 Å². The Hall–Kier alpha value is -1.55. The van der Waals surface area contributed by atoms with Crippen LogP contribution in [0.25, 0.3) is 0 Å². The number of halogens is 1. The molecule has 2 saturated heterocycles. The fourth-order valence-corrected chi connectivity index (χ4v) is 3.32. The number of rotatable bonds is 2. The summed E-state index contributed by atoms with van der Waals surface area (Å²) in [6, 6.07) is 7.23. The number of anilines is 1. The van der Waals surface area contributed by atoms with Crippen LogP contribution in [0.2, 0.25) is 5.02 Å². The lowest BCUT2D eigenvalue weighted by atomic mass is 10.0. The highest BCUT2D eigenvalue weighted by Gasteiger charge is 2.37. The standard InChI is InChI=1S/C16H19ClN2O2/c17-13-5-4-6-14(10-13)19-11-12(9-15(19)20)16(21)18-7-2-1-3-8-18/h4-6,10,12H,1-3,7-9,11H2/t12-/m1/s1. The molecule has 4 nitrogen and oxygen atoms in total. The van der Waals surface area contributed by atoms with Crippen LogP contribution >= 0.6 is 11.6 Å². The van der Waals surface area contributed by atoms with Gasteiger partial charge >= 0.3 is 0 Å². The summed E-state index contributed by atoms with van der Waals surface area (Å²) in [7, 11) is 0. The van der Waals surface area contributed by atoms with Crippen LogP contribution in [0, 0.1) is 5.92 Å². The smallest absolute Gasteiger partial charge is 0.228 e. The van der Waals surface area contributed by atoms with Gasteiger partial charge in [-0.3, -0.25) is 9.59 Å². The summed E-state index contributed by atoms with van der Waals surface area (Å²) in [5, 5.41) is 0.603. The van der Waals surface area contributed by atoms with Crippen molar-refractivity contribution in [2.75, 3.05) is 24.5 Å². The van der Waals surface area contributed by atoms with Crippen LogP contribution in [-0.4, -0.2) is 36.3 Å². The molecule has 0 radical (unpaired) electrons. The molecule has 0 aromatic heterocycles. The van der Waals surface area contributed by atoms with Gasteiger partial charge in [0.15, 0.2) is 0 Å². The van der Waals surface area contributed by atoms with E-state index >= 15 is 0 Å². The van der Waals surface area contributed by atoms with Crippen LogP contribution in [0.5, 0.6) is 0 Å². The minimum absolute atomic E-state index is 0.00706. The predicted octanol–water partition coefficient (Wildman–Crippen LogP) is 2.71. The molecule has 1 aromatic rings. The Balaban J connectivity index is 1.70. The van der Waals surface area contributed by atoms with Gasteiger partial charge in [0.25, 0.3) is 0 Å². The topological polar surface area (TPSA) is 40.6 Å². The zero-order valence-electron chi connectivity index (χ0n) is 11.9. The molecule has 0 unspecified atom stereocenters. The third-order valence-corrected chi connectivity index (χ3v) is 4.50. The van der Waals surface area contributed by atoms with Crippen LogP contribution < -0.4 is 4.90 Å². The molecule has 0 saturated carbocycles. The molecule has 2 aliphatic heterocycles. The van der Waals surface area contributed by atoms with E-state index in [1.807, 2.05) is 17.0 Å². The Morgan fingerprint density at radius 3 is 2.67 bits per heavy atom. The number of hydrogen-bond donors (Lipinski definition) is 0. The molecule has 3 rings (SSSR count). The monoisotopic (exact) mass is 306 g/mol. The van der Waals surface area contributed by atoms with E-state index in [1.54, 1.807) is 17.0 Å². The summed E-state index contributed by atoms with van der Waals surface area (Å²) in [4.78, 5) is 28.3. The average Bonchev–Trinajstić information content (AvgIpc) is 2.89. The summed E-state index contributed by atoms with van der Waals surface area (Å²) in [6.45, 7) is 2.13. The molecule has 2 heterocycles. The van der Waals surface area contributed by atoms with Crippen LogP contribution in [0.15, 0.2) is 24.3 Å². The lowest BCUT2D eigenvalue weighted by Gasteiger charge is -2.29. The number of amides is 2. The molecule has 21 heavy (non-hydrogen) atoms. The maximum absolute atomic E-state index is 12.5. The van der Waals surface area contributed by atoms with Crippen molar-refractivity contribution in [1.82, 2.24) is 4.90 Å². The summed E-state index contributed by atoms with van der Waals surface area (Å²) in [6.07, 6.45) is 3.65. The van der Waals surface area contributed by atoms with E-state index in [0.717, 1.165) is 31.6 Å². The van der Waals surface area contributed by atoms with Crippen molar-refractivity contribution in [3.05, 3.63) is 29.3 Å². The molecule has 0 aliphatic carbocycles. The van der Waals surface area contributed by atoms with Crippen molar-refractivity contribution in [2.45, 2.75) is 25.7 Å². The molecule has 0 bridgehead atoms. The molecule has 2 amide bonds. The predicted molar refractivity (Wildman–Crippen MR) is 82.3 cm³/mol. The van der Waals surface area contributed by atoms with Gasteiger partial charge in [-0.2, -0.15) is 0 Å². The van der Waals surface area contributed by atoms with Crippen molar-refractivity contribution < 1.29 is 9.59 Å². The number of benzene rings is 1. The molecule has 1 aromatic carbocycles. The molecular weight excluding hydrogens is 288 g/mol. The molecule has 5 heteroatoms. The molecule has 2 fully saturated rings. The van der Waals surface area contributed by atoms with E-state index < -0.39 is 0 Å². The summed E-state index contributed by atoms with van der Waals surface area (Å²) >= 11 is 5.98. The zero-order chi connectivity index (χ0) is 14.8. The van der Waals surface area contributed by atoms with E-state index in [4.69, 9.17) is 11.6 Å². The molecule has 1 atom stereocenters. The van der Waals surface area contributed by atoms with Gasteiger partial charge in [-0.25, -0.2) is 0 Å². The Bertz CT molecular complexity index is 555. The minimum Gasteiger partial charge on any atom is -0.342 e. The van der Waals surface area contributed by atoms with Gasteiger partial charge in [0.05, 0.1) is 5.92 Å².